The Morgan fingerprint density at radius 3 is 0.988 bits per heavy atom. The zero-order valence-electron chi connectivity index (χ0n) is 48.8. The Morgan fingerprint density at radius 2 is 0.651 bits per heavy atom. The fraction of sp³-hybridized carbons (Fsp3) is 0.175. The summed E-state index contributed by atoms with van der Waals surface area (Å²) in [6.07, 6.45) is 6.09. The molecule has 2 aliphatic heterocycles. The molecule has 11 aromatic rings. The Bertz CT molecular complexity index is 3790. The van der Waals surface area contributed by atoms with Crippen LogP contribution >= 0.6 is 0 Å². The van der Waals surface area contributed by atoms with Crippen molar-refractivity contribution in [3.05, 3.63) is 271 Å². The van der Waals surface area contributed by atoms with E-state index in [0.29, 0.717) is 5.92 Å². The zero-order chi connectivity index (χ0) is 56.4. The standard InChI is InChI=1S/C80H71BN2/c1-79(2,3)64-44-38-55(39-45-64)61-42-48-70-72(50-61)82(77-66(57-26-14-8-15-27-57)34-22-35-67(77)58-28-16-9-17-29-58)74-52-63(54-24-12-7-13-25-54)53-75-76(74)81(70)71-49-43-62(56-40-46-65(47-41-56)80(4,5)6)51-73(71)83(75)78-68(59-30-18-10-19-31-59)36-23-37-69(78)60-32-20-11-21-33-60/h8-11,14-23,26-54H,7,12-13,24-25H2,1-6H3. The Morgan fingerprint density at radius 1 is 0.313 bits per heavy atom. The van der Waals surface area contributed by atoms with Crippen LogP contribution in [0.3, 0.4) is 0 Å². The number of rotatable bonds is 9. The van der Waals surface area contributed by atoms with Gasteiger partial charge in [-0.25, -0.2) is 0 Å². The monoisotopic (exact) mass is 1070 g/mol. The van der Waals surface area contributed by atoms with E-state index in [9.17, 15) is 0 Å². The molecule has 0 bridgehead atoms. The molecule has 0 atom stereocenters. The second-order valence-corrected chi connectivity index (χ2v) is 25.5. The number of benzene rings is 11. The first-order valence-electron chi connectivity index (χ1n) is 30.2. The van der Waals surface area contributed by atoms with E-state index >= 15 is 0 Å². The highest BCUT2D eigenvalue weighted by Gasteiger charge is 2.46. The second-order valence-electron chi connectivity index (χ2n) is 25.5. The summed E-state index contributed by atoms with van der Waals surface area (Å²) < 4.78 is 0. The van der Waals surface area contributed by atoms with E-state index in [1.807, 2.05) is 0 Å². The summed E-state index contributed by atoms with van der Waals surface area (Å²) >= 11 is 0. The number of nitrogens with zero attached hydrogens (tertiary/aromatic N) is 2. The molecule has 404 valence electrons. The Balaban J connectivity index is 1.13. The number of hydrogen-bond donors (Lipinski definition) is 0. The maximum Gasteiger partial charge on any atom is 0.252 e. The lowest BCUT2D eigenvalue weighted by molar-refractivity contribution is 0.444. The van der Waals surface area contributed by atoms with Gasteiger partial charge in [0, 0.05) is 45.0 Å². The van der Waals surface area contributed by atoms with Crippen molar-refractivity contribution in [3.63, 3.8) is 0 Å². The molecule has 0 spiro atoms. The molecule has 14 rings (SSSR count). The van der Waals surface area contributed by atoms with E-state index in [1.165, 1.54) is 166 Å². The van der Waals surface area contributed by atoms with Crippen molar-refractivity contribution in [2.24, 2.45) is 0 Å². The third-order valence-electron chi connectivity index (χ3n) is 18.2. The second kappa shape index (κ2) is 21.1. The van der Waals surface area contributed by atoms with Crippen molar-refractivity contribution in [2.45, 2.75) is 90.4 Å². The van der Waals surface area contributed by atoms with Gasteiger partial charge in [-0.15, -0.1) is 0 Å². The first-order valence-corrected chi connectivity index (χ1v) is 30.2. The molecule has 1 aliphatic carbocycles. The summed E-state index contributed by atoms with van der Waals surface area (Å²) in [4.78, 5) is 5.45. The van der Waals surface area contributed by atoms with Gasteiger partial charge in [0.1, 0.15) is 0 Å². The van der Waals surface area contributed by atoms with Gasteiger partial charge in [-0.3, -0.25) is 0 Å². The minimum absolute atomic E-state index is 0.0408. The normalized spacial score (nSPS) is 14.0. The lowest BCUT2D eigenvalue weighted by Crippen LogP contribution is -2.61. The molecule has 3 heteroatoms. The smallest absolute Gasteiger partial charge is 0.252 e. The first-order chi connectivity index (χ1) is 40.5. The molecule has 11 aromatic carbocycles. The Kier molecular flexibility index (Phi) is 13.3. The molecule has 0 aromatic heterocycles. The van der Waals surface area contributed by atoms with Crippen molar-refractivity contribution in [1.29, 1.82) is 0 Å². The van der Waals surface area contributed by atoms with Gasteiger partial charge >= 0.3 is 0 Å². The van der Waals surface area contributed by atoms with Gasteiger partial charge in [0.15, 0.2) is 0 Å². The van der Waals surface area contributed by atoms with Crippen LogP contribution in [0, 0.1) is 0 Å². The molecule has 2 nitrogen and oxygen atoms in total. The predicted octanol–water partition coefficient (Wildman–Crippen LogP) is 20.4. The van der Waals surface area contributed by atoms with Gasteiger partial charge in [-0.1, -0.05) is 291 Å². The first kappa shape index (κ1) is 52.2. The summed E-state index contributed by atoms with van der Waals surface area (Å²) in [5, 5.41) is 0. The van der Waals surface area contributed by atoms with Crippen LogP contribution in [-0.4, -0.2) is 6.71 Å². The molecule has 1 saturated carbocycles. The van der Waals surface area contributed by atoms with Gasteiger partial charge < -0.3 is 9.80 Å². The fourth-order valence-electron chi connectivity index (χ4n) is 13.8. The van der Waals surface area contributed by atoms with Crippen LogP contribution in [0.25, 0.3) is 66.8 Å². The molecule has 0 saturated heterocycles. The van der Waals surface area contributed by atoms with Crippen LogP contribution in [0.5, 0.6) is 0 Å². The minimum Gasteiger partial charge on any atom is -0.310 e. The maximum absolute atomic E-state index is 2.73. The van der Waals surface area contributed by atoms with E-state index in [2.05, 4.69) is 306 Å². The summed E-state index contributed by atoms with van der Waals surface area (Å²) in [6, 6.07) is 97.2. The Labute approximate surface area is 492 Å². The molecule has 0 unspecified atom stereocenters. The molecular formula is C80H71BN2. The summed E-state index contributed by atoms with van der Waals surface area (Å²) in [5.74, 6) is 0.409. The number of hydrogen-bond acceptors (Lipinski definition) is 2. The topological polar surface area (TPSA) is 6.48 Å². The number of anilines is 6. The van der Waals surface area contributed by atoms with Crippen molar-refractivity contribution in [2.75, 3.05) is 9.80 Å². The SMILES string of the molecule is CC(C)(C)c1ccc(-c2ccc3c(c2)N(c2c(-c4ccccc4)cccc2-c2ccccc2)c2cc(C4CCCCC4)cc4c2B3c2ccc(-c3ccc(C(C)(C)C)cc3)cc2N4c2c(-c3ccccc3)cccc2-c2ccccc2)cc1. The summed E-state index contributed by atoms with van der Waals surface area (Å²) in [5.41, 5.74) is 29.8. The van der Waals surface area contributed by atoms with E-state index < -0.39 is 0 Å². The van der Waals surface area contributed by atoms with E-state index in [-0.39, 0.29) is 17.5 Å². The van der Waals surface area contributed by atoms with Gasteiger partial charge in [-0.05, 0) is 131 Å². The van der Waals surface area contributed by atoms with Gasteiger partial charge in [0.2, 0.25) is 0 Å². The number of fused-ring (bicyclic) bond motifs is 4. The van der Waals surface area contributed by atoms with Gasteiger partial charge in [0.25, 0.3) is 6.71 Å². The van der Waals surface area contributed by atoms with Crippen LogP contribution in [-0.2, 0) is 10.8 Å². The zero-order valence-corrected chi connectivity index (χ0v) is 48.8. The fourth-order valence-corrected chi connectivity index (χ4v) is 13.8. The molecule has 0 radical (unpaired) electrons. The van der Waals surface area contributed by atoms with Crippen LogP contribution in [0.4, 0.5) is 34.1 Å². The Hall–Kier alpha value is -8.92. The van der Waals surface area contributed by atoms with E-state index in [0.717, 1.165) is 0 Å². The maximum atomic E-state index is 2.73. The molecule has 0 amide bonds. The molecular weight excluding hydrogens is 1000 g/mol. The van der Waals surface area contributed by atoms with Crippen LogP contribution in [0.2, 0.25) is 0 Å². The molecule has 3 aliphatic rings. The third kappa shape index (κ3) is 9.51. The highest BCUT2D eigenvalue weighted by Crippen LogP contribution is 2.54. The quantitative estimate of drug-likeness (QED) is 0.133. The van der Waals surface area contributed by atoms with Gasteiger partial charge in [0.05, 0.1) is 11.4 Å². The average Bonchev–Trinajstić information content (AvgIpc) is 0.918. The summed E-state index contributed by atoms with van der Waals surface area (Å²) in [7, 11) is 0. The predicted molar refractivity (Wildman–Crippen MR) is 356 cm³/mol. The highest BCUT2D eigenvalue weighted by molar-refractivity contribution is 7.00. The largest absolute Gasteiger partial charge is 0.310 e. The van der Waals surface area contributed by atoms with E-state index in [1.54, 1.807) is 0 Å². The average molecular weight is 1070 g/mol. The lowest BCUT2D eigenvalue weighted by atomic mass is 9.33. The number of para-hydroxylation sites is 2. The third-order valence-corrected chi connectivity index (χ3v) is 18.2. The molecule has 1 fully saturated rings. The van der Waals surface area contributed by atoms with Crippen molar-refractivity contribution < 1.29 is 0 Å². The molecule has 2 heterocycles. The van der Waals surface area contributed by atoms with Gasteiger partial charge in [-0.2, -0.15) is 0 Å². The summed E-state index contributed by atoms with van der Waals surface area (Å²) in [6.45, 7) is 13.7. The van der Waals surface area contributed by atoms with Crippen molar-refractivity contribution >= 4 is 57.2 Å². The molecule has 0 N–H and O–H groups in total. The van der Waals surface area contributed by atoms with Crippen molar-refractivity contribution in [1.82, 2.24) is 0 Å². The highest BCUT2D eigenvalue weighted by atomic mass is 15.2. The van der Waals surface area contributed by atoms with Crippen LogP contribution in [0.15, 0.2) is 255 Å². The van der Waals surface area contributed by atoms with Crippen molar-refractivity contribution in [3.8, 4) is 66.8 Å². The molecule has 83 heavy (non-hydrogen) atoms. The minimum atomic E-state index is -0.0966. The van der Waals surface area contributed by atoms with Crippen LogP contribution in [0.1, 0.15) is 96.3 Å². The lowest BCUT2D eigenvalue weighted by Gasteiger charge is -2.46. The van der Waals surface area contributed by atoms with E-state index in [4.69, 9.17) is 0 Å². The van der Waals surface area contributed by atoms with Crippen LogP contribution < -0.4 is 26.2 Å².